The number of nitrogens with two attached hydrogens (primary N) is 1. The summed E-state index contributed by atoms with van der Waals surface area (Å²) >= 11 is 0. The third-order valence-electron chi connectivity index (χ3n) is 6.95. The molecule has 8 heteroatoms. The highest BCUT2D eigenvalue weighted by Gasteiger charge is 2.44. The van der Waals surface area contributed by atoms with Gasteiger partial charge in [0, 0.05) is 38.4 Å². The van der Waals surface area contributed by atoms with Crippen molar-refractivity contribution < 1.29 is 23.9 Å². The van der Waals surface area contributed by atoms with Crippen molar-refractivity contribution in [3.8, 4) is 5.75 Å². The minimum atomic E-state index is -0.710. The Morgan fingerprint density at radius 1 is 1.13 bits per heavy atom. The average molecular weight is 428 g/mol. The monoisotopic (exact) mass is 427 g/mol. The molecule has 3 amide bonds. The zero-order valence-electron chi connectivity index (χ0n) is 17.8. The molecule has 31 heavy (non-hydrogen) atoms. The highest BCUT2D eigenvalue weighted by atomic mass is 16.5. The summed E-state index contributed by atoms with van der Waals surface area (Å²) in [7, 11) is 0. The van der Waals surface area contributed by atoms with E-state index in [-0.39, 0.29) is 42.3 Å². The molecule has 2 saturated heterocycles. The number of rotatable bonds is 3. The van der Waals surface area contributed by atoms with Crippen LogP contribution in [-0.2, 0) is 14.4 Å². The van der Waals surface area contributed by atoms with Crippen LogP contribution in [0, 0.1) is 5.92 Å². The van der Waals surface area contributed by atoms with Crippen molar-refractivity contribution in [1.29, 1.82) is 0 Å². The molecule has 166 valence electrons. The molecular formula is C23H29N3O5. The fraction of sp³-hybridized carbons (Fsp3) is 0.565. The summed E-state index contributed by atoms with van der Waals surface area (Å²) in [5.41, 5.74) is 5.25. The van der Waals surface area contributed by atoms with Gasteiger partial charge in [0.2, 0.25) is 17.7 Å². The summed E-state index contributed by atoms with van der Waals surface area (Å²) < 4.78 is 6.26. The maximum Gasteiger partial charge on any atom is 0.245 e. The molecule has 1 spiro atoms. The van der Waals surface area contributed by atoms with Crippen molar-refractivity contribution in [3.63, 3.8) is 0 Å². The molecule has 3 aliphatic rings. The number of ketones is 1. The Hall–Kier alpha value is -2.90. The Bertz CT molecular complexity index is 908. The van der Waals surface area contributed by atoms with Gasteiger partial charge in [0.25, 0.3) is 0 Å². The molecule has 3 aliphatic heterocycles. The maximum absolute atomic E-state index is 13.0. The normalized spacial score (nSPS) is 25.6. The number of fused-ring (bicyclic) bond motifs is 1. The number of Topliss-reactive ketones (excluding diaryl/α,β-unsaturated/α-hetero) is 1. The van der Waals surface area contributed by atoms with Gasteiger partial charge in [0.1, 0.15) is 17.4 Å². The third kappa shape index (κ3) is 4.16. The van der Waals surface area contributed by atoms with Crippen LogP contribution in [0.5, 0.6) is 5.75 Å². The number of para-hydroxylation sites is 1. The summed E-state index contributed by atoms with van der Waals surface area (Å²) in [5.74, 6) is -0.122. The van der Waals surface area contributed by atoms with Crippen LogP contribution in [-0.4, -0.2) is 64.6 Å². The summed E-state index contributed by atoms with van der Waals surface area (Å²) in [6.45, 7) is 3.05. The van der Waals surface area contributed by atoms with Gasteiger partial charge in [-0.1, -0.05) is 12.1 Å². The lowest BCUT2D eigenvalue weighted by Crippen LogP contribution is -2.52. The van der Waals surface area contributed by atoms with E-state index in [1.54, 1.807) is 28.9 Å². The Morgan fingerprint density at radius 2 is 1.84 bits per heavy atom. The Morgan fingerprint density at radius 3 is 2.55 bits per heavy atom. The Balaban J connectivity index is 1.43. The fourth-order valence-corrected chi connectivity index (χ4v) is 4.97. The molecule has 0 saturated carbocycles. The van der Waals surface area contributed by atoms with E-state index in [0.29, 0.717) is 56.6 Å². The van der Waals surface area contributed by atoms with Crippen LogP contribution >= 0.6 is 0 Å². The molecule has 1 aromatic rings. The van der Waals surface area contributed by atoms with Gasteiger partial charge in [0.05, 0.1) is 12.0 Å². The molecule has 0 radical (unpaired) electrons. The second-order valence-electron chi connectivity index (χ2n) is 8.90. The highest BCUT2D eigenvalue weighted by molar-refractivity contribution is 6.00. The molecule has 2 N–H and O–H groups in total. The van der Waals surface area contributed by atoms with Gasteiger partial charge in [-0.25, -0.2) is 0 Å². The van der Waals surface area contributed by atoms with Gasteiger partial charge in [-0.15, -0.1) is 0 Å². The number of ether oxygens (including phenoxy) is 1. The molecular weight excluding hydrogens is 398 g/mol. The molecule has 8 nitrogen and oxygen atoms in total. The number of benzene rings is 1. The largest absolute Gasteiger partial charge is 0.486 e. The molecule has 2 fully saturated rings. The average Bonchev–Trinajstić information content (AvgIpc) is 2.92. The van der Waals surface area contributed by atoms with Crippen molar-refractivity contribution in [2.75, 3.05) is 19.6 Å². The first-order chi connectivity index (χ1) is 14.8. The quantitative estimate of drug-likeness (QED) is 0.786. The number of hydrogen-bond donors (Lipinski definition) is 1. The smallest absolute Gasteiger partial charge is 0.245 e. The van der Waals surface area contributed by atoms with E-state index in [1.807, 2.05) is 12.1 Å². The number of primary amides is 1. The van der Waals surface area contributed by atoms with Crippen LogP contribution in [0.25, 0.3) is 0 Å². The first-order valence-corrected chi connectivity index (χ1v) is 11.0. The van der Waals surface area contributed by atoms with Gasteiger partial charge in [-0.3, -0.25) is 19.2 Å². The lowest BCUT2D eigenvalue weighted by Gasteiger charge is -2.38. The van der Waals surface area contributed by atoms with E-state index < -0.39 is 11.6 Å². The van der Waals surface area contributed by atoms with Crippen LogP contribution in [0.4, 0.5) is 0 Å². The van der Waals surface area contributed by atoms with E-state index in [2.05, 4.69) is 0 Å². The van der Waals surface area contributed by atoms with E-state index in [9.17, 15) is 19.2 Å². The van der Waals surface area contributed by atoms with Crippen LogP contribution < -0.4 is 10.5 Å². The van der Waals surface area contributed by atoms with Crippen LogP contribution in [0.2, 0.25) is 0 Å². The standard InChI is InChI=1S/C23H29N3O5/c1-15(22(30)25-11-7-16(8-12-25)21(24)29)26-13-10-23(9-6-20(26)28)14-18(27)17-4-2-3-5-19(17)31-23/h2-5,15-16H,6-14H2,1H3,(H2,24,29)/t15-,23+/m1/s1. The molecule has 2 atom stereocenters. The second-order valence-corrected chi connectivity index (χ2v) is 8.90. The number of piperidine rings is 1. The highest BCUT2D eigenvalue weighted by Crippen LogP contribution is 2.39. The number of carbonyl (C=O) groups excluding carboxylic acids is 4. The number of carbonyl (C=O) groups is 4. The predicted octanol–water partition coefficient (Wildman–Crippen LogP) is 1.52. The molecule has 1 aromatic carbocycles. The molecule has 0 aromatic heterocycles. The Kier molecular flexibility index (Phi) is 5.73. The summed E-state index contributed by atoms with van der Waals surface area (Å²) in [6.07, 6.45) is 2.54. The number of likely N-dealkylation sites (tertiary alicyclic amines) is 2. The van der Waals surface area contributed by atoms with Gasteiger partial charge in [0.15, 0.2) is 5.78 Å². The van der Waals surface area contributed by atoms with E-state index in [1.165, 1.54) is 0 Å². The van der Waals surface area contributed by atoms with Crippen LogP contribution in [0.3, 0.4) is 0 Å². The molecule has 0 aliphatic carbocycles. The first-order valence-electron chi connectivity index (χ1n) is 11.0. The van der Waals surface area contributed by atoms with Crippen molar-refractivity contribution >= 4 is 23.5 Å². The SMILES string of the molecule is C[C@H](C(=O)N1CCC(C(N)=O)CC1)N1CC[C@@]2(CCC1=O)CC(=O)c1ccccc1O2. The lowest BCUT2D eigenvalue weighted by molar-refractivity contribution is -0.146. The van der Waals surface area contributed by atoms with E-state index in [4.69, 9.17) is 10.5 Å². The summed E-state index contributed by atoms with van der Waals surface area (Å²) in [6, 6.07) is 6.61. The zero-order valence-corrected chi connectivity index (χ0v) is 17.8. The van der Waals surface area contributed by atoms with Gasteiger partial charge in [-0.05, 0) is 38.3 Å². The second kappa shape index (κ2) is 8.32. The number of amides is 3. The van der Waals surface area contributed by atoms with Crippen molar-refractivity contribution in [3.05, 3.63) is 29.8 Å². The number of nitrogens with zero attached hydrogens (tertiary/aromatic N) is 2. The molecule has 4 rings (SSSR count). The van der Waals surface area contributed by atoms with Crippen molar-refractivity contribution in [2.45, 2.75) is 57.1 Å². The van der Waals surface area contributed by atoms with Crippen LogP contribution in [0.1, 0.15) is 55.8 Å². The predicted molar refractivity (Wildman–Crippen MR) is 112 cm³/mol. The van der Waals surface area contributed by atoms with Crippen molar-refractivity contribution in [2.24, 2.45) is 11.7 Å². The van der Waals surface area contributed by atoms with Crippen LogP contribution in [0.15, 0.2) is 24.3 Å². The minimum absolute atomic E-state index is 0.0317. The summed E-state index contributed by atoms with van der Waals surface area (Å²) in [5, 5.41) is 0. The third-order valence-corrected chi connectivity index (χ3v) is 6.95. The fourth-order valence-electron chi connectivity index (χ4n) is 4.97. The Labute approximate surface area is 181 Å². The zero-order chi connectivity index (χ0) is 22.2. The topological polar surface area (TPSA) is 110 Å². The lowest BCUT2D eigenvalue weighted by atomic mass is 9.84. The van der Waals surface area contributed by atoms with E-state index in [0.717, 1.165) is 0 Å². The van der Waals surface area contributed by atoms with Crippen molar-refractivity contribution in [1.82, 2.24) is 9.80 Å². The first kappa shape index (κ1) is 21.3. The molecule has 0 unspecified atom stereocenters. The van der Waals surface area contributed by atoms with Gasteiger partial charge in [-0.2, -0.15) is 0 Å². The molecule has 3 heterocycles. The van der Waals surface area contributed by atoms with Gasteiger partial charge < -0.3 is 20.3 Å². The maximum atomic E-state index is 13.0. The number of hydrogen-bond acceptors (Lipinski definition) is 5. The van der Waals surface area contributed by atoms with E-state index >= 15 is 0 Å². The summed E-state index contributed by atoms with van der Waals surface area (Å²) in [4.78, 5) is 53.3. The minimum Gasteiger partial charge on any atom is -0.486 e. The molecule has 0 bridgehead atoms. The van der Waals surface area contributed by atoms with Gasteiger partial charge >= 0.3 is 0 Å².